The molecule has 2 fully saturated rings. The summed E-state index contributed by atoms with van der Waals surface area (Å²) in [5.74, 6) is 0.464. The van der Waals surface area contributed by atoms with Gasteiger partial charge in [-0.25, -0.2) is 0 Å². The van der Waals surface area contributed by atoms with Crippen molar-refractivity contribution in [1.82, 2.24) is 10.2 Å². The Labute approximate surface area is 137 Å². The van der Waals surface area contributed by atoms with E-state index in [2.05, 4.69) is 22.3 Å². The average molecular weight is 318 g/mol. The molecule has 0 aromatic heterocycles. The third kappa shape index (κ3) is 4.53. The van der Waals surface area contributed by atoms with Crippen LogP contribution in [0.3, 0.4) is 0 Å². The molecule has 5 nitrogen and oxygen atoms in total. The number of β-amino-alcohol motifs (C(OH)–C–C–N with tert-alkyl or cyclic N) is 1. The molecule has 1 aromatic carbocycles. The predicted molar refractivity (Wildman–Crippen MR) is 88.8 cm³/mol. The summed E-state index contributed by atoms with van der Waals surface area (Å²) in [6.45, 7) is 5.98. The van der Waals surface area contributed by atoms with E-state index in [0.29, 0.717) is 25.7 Å². The zero-order valence-electron chi connectivity index (χ0n) is 13.8. The van der Waals surface area contributed by atoms with Gasteiger partial charge in [0, 0.05) is 31.7 Å². The summed E-state index contributed by atoms with van der Waals surface area (Å²) in [7, 11) is 0. The molecule has 3 rings (SSSR count). The molecule has 23 heavy (non-hydrogen) atoms. The topological polar surface area (TPSA) is 61.8 Å². The number of carbonyl (C=O) groups excluding carboxylic acids is 1. The number of benzene rings is 1. The number of ether oxygens (including phenoxy) is 1. The van der Waals surface area contributed by atoms with Crippen molar-refractivity contribution in [2.24, 2.45) is 0 Å². The number of hydrogen-bond acceptors (Lipinski definition) is 4. The van der Waals surface area contributed by atoms with E-state index in [1.165, 1.54) is 12.8 Å². The van der Waals surface area contributed by atoms with Crippen molar-refractivity contribution in [3.8, 4) is 0 Å². The maximum atomic E-state index is 12.5. The highest BCUT2D eigenvalue weighted by Crippen LogP contribution is 2.41. The lowest BCUT2D eigenvalue weighted by atomic mass is 10.00. The van der Waals surface area contributed by atoms with Gasteiger partial charge in [-0.3, -0.25) is 9.69 Å². The first-order valence-corrected chi connectivity index (χ1v) is 8.50. The summed E-state index contributed by atoms with van der Waals surface area (Å²) in [4.78, 5) is 14.7. The van der Waals surface area contributed by atoms with Gasteiger partial charge in [-0.1, -0.05) is 17.7 Å². The molecule has 1 aliphatic heterocycles. The molecule has 1 saturated heterocycles. The molecule has 1 unspecified atom stereocenters. The highest BCUT2D eigenvalue weighted by atomic mass is 16.5. The number of amides is 1. The minimum Gasteiger partial charge on any atom is -0.390 e. The molecule has 1 amide bonds. The number of aliphatic hydroxyl groups is 1. The van der Waals surface area contributed by atoms with Crippen LogP contribution >= 0.6 is 0 Å². The summed E-state index contributed by atoms with van der Waals surface area (Å²) in [6.07, 6.45) is 1.79. The predicted octanol–water partition coefficient (Wildman–Crippen LogP) is 1.30. The molecule has 5 heteroatoms. The molecule has 1 aliphatic carbocycles. The smallest absolute Gasteiger partial charge is 0.251 e. The Kier molecular flexibility index (Phi) is 5.30. The third-order valence-corrected chi connectivity index (χ3v) is 4.54. The molecule has 126 valence electrons. The van der Waals surface area contributed by atoms with Crippen LogP contribution in [-0.4, -0.2) is 61.4 Å². The lowest BCUT2D eigenvalue weighted by Gasteiger charge is -2.28. The van der Waals surface area contributed by atoms with E-state index in [9.17, 15) is 9.90 Å². The van der Waals surface area contributed by atoms with E-state index in [1.807, 2.05) is 13.0 Å². The maximum absolute atomic E-state index is 12.5. The van der Waals surface area contributed by atoms with Gasteiger partial charge in [0.2, 0.25) is 0 Å². The second-order valence-electron chi connectivity index (χ2n) is 6.64. The Balaban J connectivity index is 1.53. The maximum Gasteiger partial charge on any atom is 0.251 e. The molecule has 2 N–H and O–H groups in total. The van der Waals surface area contributed by atoms with Gasteiger partial charge in [0.25, 0.3) is 5.91 Å². The molecule has 0 spiro atoms. The largest absolute Gasteiger partial charge is 0.390 e. The highest BCUT2D eigenvalue weighted by molar-refractivity contribution is 5.96. The van der Waals surface area contributed by atoms with Gasteiger partial charge in [0.15, 0.2) is 0 Å². The fraction of sp³-hybridized carbons (Fsp3) is 0.611. The SMILES string of the molecule is Cc1ccc(C2CC2)c(C(=O)NCC(O)CN2CCOCC2)c1. The number of nitrogens with zero attached hydrogens (tertiary/aromatic N) is 1. The second-order valence-corrected chi connectivity index (χ2v) is 6.64. The number of hydrogen-bond donors (Lipinski definition) is 2. The standard InChI is InChI=1S/C18H26N2O3/c1-13-2-5-16(14-3-4-14)17(10-13)18(22)19-11-15(21)12-20-6-8-23-9-7-20/h2,5,10,14-15,21H,3-4,6-9,11-12H2,1H3,(H,19,22). The van der Waals surface area contributed by atoms with Crippen LogP contribution in [0.5, 0.6) is 0 Å². The zero-order chi connectivity index (χ0) is 16.2. The Hall–Kier alpha value is -1.43. The monoisotopic (exact) mass is 318 g/mol. The van der Waals surface area contributed by atoms with Gasteiger partial charge < -0.3 is 15.2 Å². The highest BCUT2D eigenvalue weighted by Gasteiger charge is 2.28. The van der Waals surface area contributed by atoms with Gasteiger partial charge in [0.05, 0.1) is 19.3 Å². The number of nitrogens with one attached hydrogen (secondary N) is 1. The van der Waals surface area contributed by atoms with Crippen molar-refractivity contribution in [2.45, 2.75) is 31.8 Å². The van der Waals surface area contributed by atoms with Crippen LogP contribution in [0.15, 0.2) is 18.2 Å². The van der Waals surface area contributed by atoms with Crippen molar-refractivity contribution < 1.29 is 14.6 Å². The lowest BCUT2D eigenvalue weighted by Crippen LogP contribution is -2.44. The van der Waals surface area contributed by atoms with E-state index in [-0.39, 0.29) is 12.5 Å². The fourth-order valence-corrected chi connectivity index (χ4v) is 3.07. The van der Waals surface area contributed by atoms with Crippen LogP contribution in [-0.2, 0) is 4.74 Å². The molecule has 1 heterocycles. The van der Waals surface area contributed by atoms with E-state index >= 15 is 0 Å². The van der Waals surface area contributed by atoms with Gasteiger partial charge in [-0.2, -0.15) is 0 Å². The molecule has 0 bridgehead atoms. The van der Waals surface area contributed by atoms with Crippen LogP contribution in [0.25, 0.3) is 0 Å². The average Bonchev–Trinajstić information content (AvgIpc) is 3.38. The minimum absolute atomic E-state index is 0.0726. The van der Waals surface area contributed by atoms with Gasteiger partial charge in [-0.15, -0.1) is 0 Å². The molecular formula is C18H26N2O3. The first-order valence-electron chi connectivity index (χ1n) is 8.50. The Morgan fingerprint density at radius 1 is 1.39 bits per heavy atom. The zero-order valence-corrected chi connectivity index (χ0v) is 13.8. The second kappa shape index (κ2) is 7.43. The van der Waals surface area contributed by atoms with Crippen molar-refractivity contribution in [3.05, 3.63) is 34.9 Å². The first kappa shape index (κ1) is 16.4. The van der Waals surface area contributed by atoms with Gasteiger partial charge in [-0.05, 0) is 37.3 Å². The van der Waals surface area contributed by atoms with Crippen LogP contribution in [0.1, 0.15) is 40.2 Å². The van der Waals surface area contributed by atoms with E-state index in [0.717, 1.165) is 29.8 Å². The first-order chi connectivity index (χ1) is 11.1. The summed E-state index contributed by atoms with van der Waals surface area (Å²) in [6, 6.07) is 6.10. The Morgan fingerprint density at radius 2 is 2.13 bits per heavy atom. The van der Waals surface area contributed by atoms with Crippen molar-refractivity contribution in [1.29, 1.82) is 0 Å². The quantitative estimate of drug-likeness (QED) is 0.830. The minimum atomic E-state index is -0.550. The third-order valence-electron chi connectivity index (χ3n) is 4.54. The van der Waals surface area contributed by atoms with Crippen molar-refractivity contribution in [2.75, 3.05) is 39.4 Å². The molecule has 0 radical (unpaired) electrons. The fourth-order valence-electron chi connectivity index (χ4n) is 3.07. The summed E-state index contributed by atoms with van der Waals surface area (Å²) in [5, 5.41) is 13.0. The normalized spacial score (nSPS) is 20.3. The number of morpholine rings is 1. The number of aliphatic hydroxyl groups excluding tert-OH is 1. The van der Waals surface area contributed by atoms with Gasteiger partial charge in [0.1, 0.15) is 0 Å². The summed E-state index contributed by atoms with van der Waals surface area (Å²) >= 11 is 0. The van der Waals surface area contributed by atoms with E-state index < -0.39 is 6.10 Å². The lowest BCUT2D eigenvalue weighted by molar-refractivity contribution is 0.0149. The number of rotatable bonds is 6. The summed E-state index contributed by atoms with van der Waals surface area (Å²) in [5.41, 5.74) is 3.01. The van der Waals surface area contributed by atoms with Gasteiger partial charge >= 0.3 is 0 Å². The van der Waals surface area contributed by atoms with E-state index in [1.54, 1.807) is 0 Å². The van der Waals surface area contributed by atoms with Crippen molar-refractivity contribution >= 4 is 5.91 Å². The number of carbonyl (C=O) groups is 1. The molecule has 1 saturated carbocycles. The van der Waals surface area contributed by atoms with Crippen molar-refractivity contribution in [3.63, 3.8) is 0 Å². The van der Waals surface area contributed by atoms with Crippen LogP contribution in [0.4, 0.5) is 0 Å². The number of aryl methyl sites for hydroxylation is 1. The molecular weight excluding hydrogens is 292 g/mol. The van der Waals surface area contributed by atoms with Crippen LogP contribution in [0.2, 0.25) is 0 Å². The Morgan fingerprint density at radius 3 is 2.83 bits per heavy atom. The van der Waals surface area contributed by atoms with Crippen LogP contribution in [0, 0.1) is 6.92 Å². The molecule has 1 aromatic rings. The summed E-state index contributed by atoms with van der Waals surface area (Å²) < 4.78 is 5.30. The van der Waals surface area contributed by atoms with Crippen LogP contribution < -0.4 is 5.32 Å². The Bertz CT molecular complexity index is 551. The molecule has 2 aliphatic rings. The van der Waals surface area contributed by atoms with E-state index in [4.69, 9.17) is 4.74 Å². The molecule has 1 atom stereocenters.